The summed E-state index contributed by atoms with van der Waals surface area (Å²) in [7, 11) is 1.76. The average molecular weight is 264 g/mol. The summed E-state index contributed by atoms with van der Waals surface area (Å²) in [6.07, 6.45) is 2.82. The van der Waals surface area contributed by atoms with Crippen molar-refractivity contribution in [2.24, 2.45) is 5.73 Å². The fourth-order valence-corrected chi connectivity index (χ4v) is 1.88. The smallest absolute Gasteiger partial charge is 0.237 e. The van der Waals surface area contributed by atoms with Crippen molar-refractivity contribution < 1.29 is 9.59 Å². The third-order valence-electron chi connectivity index (χ3n) is 2.91. The second kappa shape index (κ2) is 7.50. The van der Waals surface area contributed by atoms with Gasteiger partial charge in [-0.3, -0.25) is 9.59 Å². The first kappa shape index (κ1) is 16.2. The van der Waals surface area contributed by atoms with Gasteiger partial charge in [-0.25, -0.2) is 0 Å². The van der Waals surface area contributed by atoms with Crippen molar-refractivity contribution >= 4 is 24.2 Å². The van der Waals surface area contributed by atoms with Crippen molar-refractivity contribution in [3.8, 4) is 0 Å². The lowest BCUT2D eigenvalue weighted by molar-refractivity contribution is -0.134. The van der Waals surface area contributed by atoms with Crippen molar-refractivity contribution in [3.63, 3.8) is 0 Å². The largest absolute Gasteiger partial charge is 0.350 e. The van der Waals surface area contributed by atoms with E-state index >= 15 is 0 Å². The van der Waals surface area contributed by atoms with Crippen LogP contribution >= 0.6 is 12.4 Å². The van der Waals surface area contributed by atoms with E-state index in [4.69, 9.17) is 5.73 Å². The molecule has 0 radical (unpaired) electrons. The fraction of sp³-hybridized carbons (Fsp3) is 0.818. The van der Waals surface area contributed by atoms with E-state index in [1.165, 1.54) is 0 Å². The lowest BCUT2D eigenvalue weighted by Crippen LogP contribution is -2.52. The van der Waals surface area contributed by atoms with Gasteiger partial charge in [0.15, 0.2) is 0 Å². The normalized spacial score (nSPS) is 21.7. The molecule has 5 nitrogen and oxygen atoms in total. The van der Waals surface area contributed by atoms with Crippen LogP contribution in [0.4, 0.5) is 0 Å². The lowest BCUT2D eigenvalue weighted by atomic mass is 10.0. The Bertz CT molecular complexity index is 273. The number of carbonyl (C=O) groups excluding carboxylic acids is 2. The Kier molecular flexibility index (Phi) is 7.15. The van der Waals surface area contributed by atoms with Gasteiger partial charge in [0.1, 0.15) is 0 Å². The van der Waals surface area contributed by atoms with Gasteiger partial charge >= 0.3 is 0 Å². The molecule has 1 fully saturated rings. The quantitative estimate of drug-likeness (QED) is 0.765. The number of nitrogens with two attached hydrogens (primary N) is 1. The van der Waals surface area contributed by atoms with Crippen molar-refractivity contribution in [2.75, 3.05) is 13.6 Å². The molecular weight excluding hydrogens is 242 g/mol. The van der Waals surface area contributed by atoms with Crippen LogP contribution in [0, 0.1) is 0 Å². The number of carbonyl (C=O) groups is 2. The van der Waals surface area contributed by atoms with Gasteiger partial charge in [-0.05, 0) is 12.8 Å². The first-order valence-electron chi connectivity index (χ1n) is 5.84. The average Bonchev–Trinajstić information content (AvgIpc) is 2.24. The minimum atomic E-state index is -0.423. The van der Waals surface area contributed by atoms with Crippen LogP contribution in [0.1, 0.15) is 32.6 Å². The minimum Gasteiger partial charge on any atom is -0.350 e. The zero-order valence-corrected chi connectivity index (χ0v) is 11.3. The molecule has 0 aromatic heterocycles. The van der Waals surface area contributed by atoms with E-state index in [-0.39, 0.29) is 30.3 Å². The van der Waals surface area contributed by atoms with Gasteiger partial charge in [-0.2, -0.15) is 0 Å². The summed E-state index contributed by atoms with van der Waals surface area (Å²) in [6.45, 7) is 2.59. The first-order chi connectivity index (χ1) is 7.54. The fourth-order valence-electron chi connectivity index (χ4n) is 1.88. The third-order valence-corrected chi connectivity index (χ3v) is 2.91. The van der Waals surface area contributed by atoms with Crippen LogP contribution in [-0.2, 0) is 9.59 Å². The van der Waals surface area contributed by atoms with Crippen molar-refractivity contribution in [3.05, 3.63) is 0 Å². The number of hydrogen-bond acceptors (Lipinski definition) is 3. The number of nitrogens with one attached hydrogen (secondary N) is 1. The van der Waals surface area contributed by atoms with Gasteiger partial charge in [0.25, 0.3) is 0 Å². The summed E-state index contributed by atoms with van der Waals surface area (Å²) in [5, 5.41) is 2.90. The maximum absolute atomic E-state index is 11.6. The Balaban J connectivity index is 0.00000256. The van der Waals surface area contributed by atoms with Crippen molar-refractivity contribution in [2.45, 2.75) is 44.7 Å². The van der Waals surface area contributed by atoms with E-state index in [0.717, 1.165) is 6.42 Å². The second-order valence-corrected chi connectivity index (χ2v) is 4.41. The molecule has 0 aromatic carbocycles. The molecule has 1 aliphatic heterocycles. The summed E-state index contributed by atoms with van der Waals surface area (Å²) in [6, 6.07) is -0.369. The van der Waals surface area contributed by atoms with Crippen LogP contribution in [0.15, 0.2) is 0 Å². The maximum atomic E-state index is 11.6. The highest BCUT2D eigenvalue weighted by molar-refractivity contribution is 5.85. The summed E-state index contributed by atoms with van der Waals surface area (Å²) in [4.78, 5) is 24.6. The Morgan fingerprint density at radius 2 is 2.29 bits per heavy atom. The SMILES string of the molecule is CCCC(N)C(=O)NC1CCC(=O)N(C)C1.Cl. The third kappa shape index (κ3) is 4.91. The van der Waals surface area contributed by atoms with Gasteiger partial charge in [0, 0.05) is 26.1 Å². The molecular formula is C11H22ClN3O2. The molecule has 0 bridgehead atoms. The van der Waals surface area contributed by atoms with Gasteiger partial charge < -0.3 is 16.0 Å². The molecule has 2 unspecified atom stereocenters. The molecule has 6 heteroatoms. The Hall–Kier alpha value is -0.810. The summed E-state index contributed by atoms with van der Waals surface area (Å²) >= 11 is 0. The van der Waals surface area contributed by atoms with Crippen LogP contribution < -0.4 is 11.1 Å². The summed E-state index contributed by atoms with van der Waals surface area (Å²) < 4.78 is 0. The standard InChI is InChI=1S/C11H21N3O2.ClH/c1-3-4-9(12)11(16)13-8-5-6-10(15)14(2)7-8;/h8-9H,3-7,12H2,1-2H3,(H,13,16);1H. The number of amides is 2. The minimum absolute atomic E-state index is 0. The number of rotatable bonds is 4. The summed E-state index contributed by atoms with van der Waals surface area (Å²) in [5.74, 6) is 0.0398. The monoisotopic (exact) mass is 263 g/mol. The van der Waals surface area contributed by atoms with Crippen LogP contribution in [0.5, 0.6) is 0 Å². The van der Waals surface area contributed by atoms with E-state index < -0.39 is 6.04 Å². The summed E-state index contributed by atoms with van der Waals surface area (Å²) in [5.41, 5.74) is 5.71. The molecule has 2 atom stereocenters. The Morgan fingerprint density at radius 1 is 1.65 bits per heavy atom. The highest BCUT2D eigenvalue weighted by Crippen LogP contribution is 2.09. The Labute approximate surface area is 109 Å². The number of likely N-dealkylation sites (N-methyl/N-ethyl adjacent to an activating group) is 1. The molecule has 0 saturated carbocycles. The highest BCUT2D eigenvalue weighted by atomic mass is 35.5. The zero-order chi connectivity index (χ0) is 12.1. The van der Waals surface area contributed by atoms with Crippen LogP contribution in [0.25, 0.3) is 0 Å². The zero-order valence-electron chi connectivity index (χ0n) is 10.4. The van der Waals surface area contributed by atoms with E-state index in [1.54, 1.807) is 11.9 Å². The van der Waals surface area contributed by atoms with E-state index in [0.29, 0.717) is 25.8 Å². The topological polar surface area (TPSA) is 75.4 Å². The molecule has 3 N–H and O–H groups in total. The first-order valence-corrected chi connectivity index (χ1v) is 5.84. The lowest BCUT2D eigenvalue weighted by Gasteiger charge is -2.30. The molecule has 1 aliphatic rings. The van der Waals surface area contributed by atoms with Gasteiger partial charge in [0.05, 0.1) is 6.04 Å². The number of piperidine rings is 1. The predicted molar refractivity (Wildman–Crippen MR) is 68.9 cm³/mol. The number of likely N-dealkylation sites (tertiary alicyclic amines) is 1. The number of nitrogens with zero attached hydrogens (tertiary/aromatic N) is 1. The number of hydrogen-bond donors (Lipinski definition) is 2. The molecule has 100 valence electrons. The van der Waals surface area contributed by atoms with Gasteiger partial charge in [-0.1, -0.05) is 13.3 Å². The molecule has 17 heavy (non-hydrogen) atoms. The van der Waals surface area contributed by atoms with Gasteiger partial charge in [-0.15, -0.1) is 12.4 Å². The molecule has 2 amide bonds. The van der Waals surface area contributed by atoms with Crippen molar-refractivity contribution in [1.29, 1.82) is 0 Å². The highest BCUT2D eigenvalue weighted by Gasteiger charge is 2.25. The Morgan fingerprint density at radius 3 is 2.82 bits per heavy atom. The maximum Gasteiger partial charge on any atom is 0.237 e. The number of halogens is 1. The molecule has 0 aliphatic carbocycles. The molecule has 1 rings (SSSR count). The van der Waals surface area contributed by atoms with Gasteiger partial charge in [0.2, 0.25) is 11.8 Å². The molecule has 0 spiro atoms. The van der Waals surface area contributed by atoms with E-state index in [9.17, 15) is 9.59 Å². The van der Waals surface area contributed by atoms with E-state index in [1.807, 2.05) is 6.92 Å². The second-order valence-electron chi connectivity index (χ2n) is 4.41. The molecule has 0 aromatic rings. The van der Waals surface area contributed by atoms with Crippen molar-refractivity contribution in [1.82, 2.24) is 10.2 Å². The molecule has 1 saturated heterocycles. The van der Waals surface area contributed by atoms with Crippen LogP contribution in [-0.4, -0.2) is 42.4 Å². The molecule has 1 heterocycles. The predicted octanol–water partition coefficient (Wildman–Crippen LogP) is 0.273. The van der Waals surface area contributed by atoms with E-state index in [2.05, 4.69) is 5.32 Å². The van der Waals surface area contributed by atoms with Crippen LogP contribution in [0.3, 0.4) is 0 Å². The van der Waals surface area contributed by atoms with Crippen LogP contribution in [0.2, 0.25) is 0 Å².